The molecule has 1 fully saturated rings. The largest absolute Gasteiger partial charge is 0.508 e. The van der Waals surface area contributed by atoms with Crippen molar-refractivity contribution in [2.45, 2.75) is 71.2 Å². The van der Waals surface area contributed by atoms with Crippen LogP contribution in [0.5, 0.6) is 11.5 Å². The highest BCUT2D eigenvalue weighted by atomic mass is 16.7. The van der Waals surface area contributed by atoms with Gasteiger partial charge in [0, 0.05) is 23.6 Å². The number of carbonyl (C=O) groups excluding carboxylic acids is 2. The lowest BCUT2D eigenvalue weighted by Crippen LogP contribution is -2.65. The molecule has 2 heterocycles. The predicted molar refractivity (Wildman–Crippen MR) is 163 cm³/mol. The maximum atomic E-state index is 13.1. The molecule has 14 nitrogen and oxygen atoms in total. The fourth-order valence-electron chi connectivity index (χ4n) is 5.16. The van der Waals surface area contributed by atoms with Crippen LogP contribution in [-0.4, -0.2) is 59.5 Å². The molecule has 2 amide bonds. The number of carbonyl (C=O) groups is 2. The zero-order chi connectivity index (χ0) is 33.2. The molecule has 0 unspecified atom stereocenters. The number of phenolic OH excluding ortho intramolecular Hbond substituents is 1. The first-order chi connectivity index (χ1) is 21.2. The molecule has 3 aromatic rings. The summed E-state index contributed by atoms with van der Waals surface area (Å²) in [6, 6.07) is 7.04. The van der Waals surface area contributed by atoms with Gasteiger partial charge in [0.05, 0.1) is 5.60 Å². The van der Waals surface area contributed by atoms with Crippen LogP contribution in [-0.2, 0) is 20.6 Å². The third-order valence-corrected chi connectivity index (χ3v) is 7.42. The Labute approximate surface area is 257 Å². The minimum Gasteiger partial charge on any atom is -0.508 e. The number of aromatic hydroxyl groups is 1. The van der Waals surface area contributed by atoms with E-state index in [1.807, 2.05) is 19.9 Å². The van der Waals surface area contributed by atoms with Gasteiger partial charge in [-0.25, -0.2) is 9.59 Å². The Bertz CT molecular complexity index is 1730. The second-order valence-electron chi connectivity index (χ2n) is 11.3. The summed E-state index contributed by atoms with van der Waals surface area (Å²) in [6.07, 6.45) is -3.92. The summed E-state index contributed by atoms with van der Waals surface area (Å²) in [5.74, 6) is -0.627. The van der Waals surface area contributed by atoms with E-state index in [9.17, 15) is 29.5 Å². The second kappa shape index (κ2) is 13.1. The molecule has 0 saturated carbocycles. The van der Waals surface area contributed by atoms with Crippen LogP contribution in [0.25, 0.3) is 11.0 Å². The molecule has 4 atom stereocenters. The Morgan fingerprint density at radius 2 is 1.91 bits per heavy atom. The van der Waals surface area contributed by atoms with Crippen molar-refractivity contribution >= 4 is 34.3 Å². The Morgan fingerprint density at radius 3 is 2.53 bits per heavy atom. The number of phenols is 1. The lowest BCUT2D eigenvalue weighted by Gasteiger charge is -2.47. The average molecular weight is 626 g/mol. The number of aryl methyl sites for hydroxylation is 1. The number of benzene rings is 2. The average Bonchev–Trinajstić information content (AvgIpc) is 2.96. The van der Waals surface area contributed by atoms with Crippen LogP contribution in [0.3, 0.4) is 0 Å². The van der Waals surface area contributed by atoms with E-state index in [-0.39, 0.29) is 39.3 Å². The number of fused-ring (bicyclic) bond motifs is 1. The van der Waals surface area contributed by atoms with Crippen molar-refractivity contribution in [3.63, 3.8) is 0 Å². The number of primary amides is 1. The number of nitrogens with zero attached hydrogens (tertiary/aromatic N) is 1. The van der Waals surface area contributed by atoms with E-state index < -0.39 is 53.5 Å². The summed E-state index contributed by atoms with van der Waals surface area (Å²) in [5, 5.41) is 26.7. The number of amides is 2. The fraction of sp³-hybridized carbons (Fsp3) is 0.387. The molecule has 0 bridgehead atoms. The van der Waals surface area contributed by atoms with Crippen molar-refractivity contribution in [1.29, 1.82) is 0 Å². The van der Waals surface area contributed by atoms with Crippen LogP contribution in [0, 0.1) is 11.8 Å². The first-order valence-electron chi connectivity index (χ1n) is 13.9. The molecule has 45 heavy (non-hydrogen) atoms. The highest BCUT2D eigenvalue weighted by Gasteiger charge is 2.53. The van der Waals surface area contributed by atoms with Crippen LogP contribution in [0.4, 0.5) is 16.2 Å². The first kappa shape index (κ1) is 33.1. The van der Waals surface area contributed by atoms with Crippen LogP contribution >= 0.6 is 0 Å². The Balaban J connectivity index is 1.67. The number of aliphatic hydroxyl groups excluding tert-OH is 1. The summed E-state index contributed by atoms with van der Waals surface area (Å²) in [7, 11) is 1.36. The lowest BCUT2D eigenvalue weighted by molar-refractivity contribution is -0.304. The van der Waals surface area contributed by atoms with Gasteiger partial charge in [-0.05, 0) is 82.1 Å². The number of nitroso groups, excluding NO2 is 1. The third kappa shape index (κ3) is 6.82. The monoisotopic (exact) mass is 625 g/mol. The zero-order valence-corrected chi connectivity index (χ0v) is 25.6. The Kier molecular flexibility index (Phi) is 9.61. The minimum atomic E-state index is -1.54. The number of ether oxygens (including phenoxy) is 4. The number of aliphatic hydroxyl groups is 1. The first-order valence-corrected chi connectivity index (χ1v) is 13.9. The number of rotatable bonds is 9. The number of nitrogens with one attached hydrogen (secondary N) is 1. The lowest BCUT2D eigenvalue weighted by atomic mass is 9.89. The molecule has 0 radical (unpaired) electrons. The fourth-order valence-corrected chi connectivity index (χ4v) is 5.16. The normalized spacial score (nSPS) is 20.7. The zero-order valence-electron chi connectivity index (χ0n) is 25.6. The maximum Gasteiger partial charge on any atom is 0.404 e. The van der Waals surface area contributed by atoms with E-state index in [4.69, 9.17) is 29.1 Å². The summed E-state index contributed by atoms with van der Waals surface area (Å²) < 4.78 is 27.9. The van der Waals surface area contributed by atoms with E-state index in [2.05, 4.69) is 10.5 Å². The van der Waals surface area contributed by atoms with Crippen LogP contribution < -0.4 is 21.4 Å². The molecule has 1 saturated heterocycles. The molecule has 1 aliphatic heterocycles. The topological polar surface area (TPSA) is 209 Å². The standard InChI is InChI=1S/C31H35N3O11/c1-14(2)7-8-16-13-17(9-11-19(16)35)27(37)33-22-21(34-40)18-10-12-20(15(3)24(18)43-28(22)38)42-29-23(36)25(44-30(32)39)26(41-6)31(4,5)45-29/h7,9-13,23,25-26,29,35-36H,8H2,1-6H3,(H2,32,39)(H,33,37)/t23-,25+,26-,29-/m1/s1. The van der Waals surface area contributed by atoms with Crippen LogP contribution in [0.15, 0.2) is 56.4 Å². The van der Waals surface area contributed by atoms with Gasteiger partial charge < -0.3 is 44.6 Å². The van der Waals surface area contributed by atoms with Crippen LogP contribution in [0.2, 0.25) is 0 Å². The predicted octanol–water partition coefficient (Wildman–Crippen LogP) is 4.32. The van der Waals surface area contributed by atoms with Gasteiger partial charge in [0.25, 0.3) is 5.91 Å². The number of anilines is 1. The van der Waals surface area contributed by atoms with Crippen LogP contribution in [0.1, 0.15) is 49.2 Å². The second-order valence-corrected chi connectivity index (χ2v) is 11.3. The van der Waals surface area contributed by atoms with E-state index in [0.717, 1.165) is 5.57 Å². The van der Waals surface area contributed by atoms with Crippen molar-refractivity contribution < 1.29 is 43.2 Å². The van der Waals surface area contributed by atoms with E-state index >= 15 is 0 Å². The minimum absolute atomic E-state index is 0.00199. The van der Waals surface area contributed by atoms with Crippen molar-refractivity contribution in [1.82, 2.24) is 0 Å². The van der Waals surface area contributed by atoms with Crippen molar-refractivity contribution in [2.24, 2.45) is 10.9 Å². The molecule has 0 aliphatic carbocycles. The van der Waals surface area contributed by atoms with Gasteiger partial charge in [0.1, 0.15) is 28.9 Å². The van der Waals surface area contributed by atoms with Crippen molar-refractivity contribution in [3.8, 4) is 11.5 Å². The molecule has 5 N–H and O–H groups in total. The molecule has 1 aromatic heterocycles. The number of hydrogen-bond donors (Lipinski definition) is 4. The van der Waals surface area contributed by atoms with Gasteiger partial charge in [-0.3, -0.25) is 4.79 Å². The van der Waals surface area contributed by atoms with Gasteiger partial charge in [-0.15, -0.1) is 4.91 Å². The maximum absolute atomic E-state index is 13.1. The number of allylic oxidation sites excluding steroid dienone is 2. The van der Waals surface area contributed by atoms with Gasteiger partial charge in [0.2, 0.25) is 6.29 Å². The number of nitrogens with two attached hydrogens (primary N) is 1. The molecule has 240 valence electrons. The van der Waals surface area contributed by atoms with Gasteiger partial charge >= 0.3 is 11.7 Å². The molecule has 2 aromatic carbocycles. The van der Waals surface area contributed by atoms with Gasteiger partial charge in [-0.1, -0.05) is 11.6 Å². The summed E-state index contributed by atoms with van der Waals surface area (Å²) in [5.41, 5.74) is 4.01. The summed E-state index contributed by atoms with van der Waals surface area (Å²) in [4.78, 5) is 49.7. The highest BCUT2D eigenvalue weighted by molar-refractivity contribution is 6.08. The van der Waals surface area contributed by atoms with E-state index in [0.29, 0.717) is 12.0 Å². The molecular formula is C31H35N3O11. The highest BCUT2D eigenvalue weighted by Crippen LogP contribution is 2.39. The molecular weight excluding hydrogens is 590 g/mol. The SMILES string of the molecule is CO[C@@H]1[C@@H](OC(N)=O)[C@@H](O)[C@H](Oc2ccc3c(N=O)c(NC(=O)c4ccc(O)c(CC=C(C)C)c4)c(=O)oc3c2C)OC1(C)C. The smallest absolute Gasteiger partial charge is 0.404 e. The number of methoxy groups -OCH3 is 1. The van der Waals surface area contributed by atoms with Gasteiger partial charge in [0.15, 0.2) is 17.9 Å². The quantitative estimate of drug-likeness (QED) is 0.149. The molecule has 1 aliphatic rings. The third-order valence-electron chi connectivity index (χ3n) is 7.42. The number of hydrogen-bond acceptors (Lipinski definition) is 12. The Morgan fingerprint density at radius 1 is 1.20 bits per heavy atom. The van der Waals surface area contributed by atoms with Gasteiger partial charge in [-0.2, -0.15) is 0 Å². The Hall–Kier alpha value is -4.79. The molecule has 4 rings (SSSR count). The summed E-state index contributed by atoms with van der Waals surface area (Å²) >= 11 is 0. The molecule has 0 spiro atoms. The summed E-state index contributed by atoms with van der Waals surface area (Å²) in [6.45, 7) is 8.63. The van der Waals surface area contributed by atoms with E-state index in [1.165, 1.54) is 44.4 Å². The van der Waals surface area contributed by atoms with E-state index in [1.54, 1.807) is 13.8 Å². The van der Waals surface area contributed by atoms with Crippen molar-refractivity contribution in [3.05, 3.63) is 74.0 Å². The van der Waals surface area contributed by atoms with Crippen molar-refractivity contribution in [2.75, 3.05) is 12.4 Å². The molecule has 14 heteroatoms.